The maximum atomic E-state index is 12.8. The lowest BCUT2D eigenvalue weighted by Gasteiger charge is -2.23. The first-order valence-electron chi connectivity index (χ1n) is 11.8. The van der Waals surface area contributed by atoms with Crippen LogP contribution in [-0.4, -0.2) is 39.9 Å². The van der Waals surface area contributed by atoms with Crippen LogP contribution in [0.3, 0.4) is 0 Å². The van der Waals surface area contributed by atoms with Gasteiger partial charge in [0.2, 0.25) is 11.7 Å². The predicted octanol–water partition coefficient (Wildman–Crippen LogP) is 1.83. The summed E-state index contributed by atoms with van der Waals surface area (Å²) < 4.78 is 7.16. The van der Waals surface area contributed by atoms with Crippen LogP contribution >= 0.6 is 0 Å². The number of ether oxygens (including phenoxy) is 1. The van der Waals surface area contributed by atoms with Gasteiger partial charge in [-0.15, -0.1) is 0 Å². The molecule has 2 aromatic rings. The molecule has 1 aromatic heterocycles. The molecule has 10 heteroatoms. The van der Waals surface area contributed by atoms with E-state index in [4.69, 9.17) is 10.5 Å². The zero-order valence-electron chi connectivity index (χ0n) is 20.6. The van der Waals surface area contributed by atoms with E-state index in [-0.39, 0.29) is 42.7 Å². The molecule has 0 radical (unpaired) electrons. The van der Waals surface area contributed by atoms with E-state index in [0.717, 1.165) is 26.8 Å². The van der Waals surface area contributed by atoms with Crippen molar-refractivity contribution in [2.75, 3.05) is 23.8 Å². The van der Waals surface area contributed by atoms with E-state index in [1.165, 1.54) is 7.05 Å². The molecule has 1 aliphatic rings. The number of amides is 1. The number of anilines is 2. The van der Waals surface area contributed by atoms with Crippen LogP contribution in [0.15, 0.2) is 33.9 Å². The normalized spacial score (nSPS) is 16.4. The van der Waals surface area contributed by atoms with Gasteiger partial charge in [0.25, 0.3) is 5.56 Å². The van der Waals surface area contributed by atoms with Crippen LogP contribution in [0.2, 0.25) is 0 Å². The number of para-hydroxylation sites is 1. The number of nitrogen functional groups attached to an aromatic ring is 1. The highest BCUT2D eigenvalue weighted by molar-refractivity contribution is 6.02. The molecule has 1 saturated heterocycles. The Bertz CT molecular complexity index is 1260. The van der Waals surface area contributed by atoms with Gasteiger partial charge in [-0.2, -0.15) is 0 Å². The Morgan fingerprint density at radius 1 is 1.17 bits per heavy atom. The molecule has 0 bridgehead atoms. The zero-order valence-corrected chi connectivity index (χ0v) is 20.6. The van der Waals surface area contributed by atoms with Crippen molar-refractivity contribution in [2.24, 2.45) is 13.0 Å². The second-order valence-electron chi connectivity index (χ2n) is 8.86. The fourth-order valence-corrected chi connectivity index (χ4v) is 4.28. The fraction of sp³-hybridized carbons (Fsp3) is 0.480. The number of esters is 1. The topological polar surface area (TPSA) is 134 Å². The van der Waals surface area contributed by atoms with Crippen LogP contribution in [0.4, 0.5) is 11.5 Å². The highest BCUT2D eigenvalue weighted by atomic mass is 16.5. The molecule has 1 aliphatic heterocycles. The van der Waals surface area contributed by atoms with Crippen molar-refractivity contribution in [1.29, 1.82) is 0 Å². The van der Waals surface area contributed by atoms with E-state index in [0.29, 0.717) is 6.42 Å². The van der Waals surface area contributed by atoms with Crippen LogP contribution in [0.1, 0.15) is 61.9 Å². The number of hydrogen-bond acceptors (Lipinski definition) is 7. The Morgan fingerprint density at radius 2 is 1.86 bits per heavy atom. The number of rotatable bonds is 9. The number of carbonyl (C=O) groups excluding carboxylic acids is 3. The van der Waals surface area contributed by atoms with Crippen molar-refractivity contribution in [1.82, 2.24) is 9.13 Å². The molecule has 35 heavy (non-hydrogen) atoms. The molecule has 0 saturated carbocycles. The number of Topliss-reactive ketones (excluding diaryl/α,β-unsaturated/α-hetero) is 1. The molecular weight excluding hydrogens is 452 g/mol. The fourth-order valence-electron chi connectivity index (χ4n) is 4.28. The number of carbonyl (C=O) groups is 3. The lowest BCUT2D eigenvalue weighted by Crippen LogP contribution is -2.43. The van der Waals surface area contributed by atoms with Crippen LogP contribution in [0, 0.1) is 5.92 Å². The Balaban J connectivity index is 1.74. The summed E-state index contributed by atoms with van der Waals surface area (Å²) in [5.41, 5.74) is 5.90. The number of hydrogen-bond donors (Lipinski definition) is 1. The molecule has 188 valence electrons. The van der Waals surface area contributed by atoms with Crippen LogP contribution in [-0.2, 0) is 27.9 Å². The van der Waals surface area contributed by atoms with Crippen molar-refractivity contribution in [2.45, 2.75) is 52.5 Å². The third-order valence-electron chi connectivity index (χ3n) is 6.48. The Kier molecular flexibility index (Phi) is 7.93. The lowest BCUT2D eigenvalue weighted by molar-refractivity contribution is -0.147. The Morgan fingerprint density at radius 3 is 2.51 bits per heavy atom. The van der Waals surface area contributed by atoms with E-state index in [1.54, 1.807) is 4.90 Å². The first-order chi connectivity index (χ1) is 16.6. The Labute approximate surface area is 203 Å². The monoisotopic (exact) mass is 484 g/mol. The van der Waals surface area contributed by atoms with Gasteiger partial charge in [0.05, 0.1) is 5.92 Å². The van der Waals surface area contributed by atoms with Gasteiger partial charge in [0.1, 0.15) is 11.4 Å². The van der Waals surface area contributed by atoms with E-state index in [1.807, 2.05) is 31.2 Å². The molecule has 1 amide bonds. The molecule has 0 aliphatic carbocycles. The summed E-state index contributed by atoms with van der Waals surface area (Å²) in [4.78, 5) is 64.6. The number of nitrogens with zero attached hydrogens (tertiary/aromatic N) is 3. The standard InChI is InChI=1S/C25H32N4O6/c1-5-11-28-22(26)21(23(32)27(4)25(28)34)19(30)14-35-24(33)16-12-20(31)29(13-16)18-10-8-7-9-17(18)15(3)6-2/h7-10,15-16H,5-6,11-14,26H2,1-4H3/t15-,16+/m0/s1. The average molecular weight is 485 g/mol. The van der Waals surface area contributed by atoms with Gasteiger partial charge in [-0.25, -0.2) is 4.79 Å². The highest BCUT2D eigenvalue weighted by Gasteiger charge is 2.37. The first-order valence-corrected chi connectivity index (χ1v) is 11.8. The number of ketones is 1. The maximum absolute atomic E-state index is 12.8. The largest absolute Gasteiger partial charge is 0.457 e. The van der Waals surface area contributed by atoms with Gasteiger partial charge in [-0.3, -0.25) is 28.3 Å². The third-order valence-corrected chi connectivity index (χ3v) is 6.48. The predicted molar refractivity (Wildman–Crippen MR) is 132 cm³/mol. The van der Waals surface area contributed by atoms with E-state index in [9.17, 15) is 24.0 Å². The number of nitrogens with two attached hydrogens (primary N) is 1. The summed E-state index contributed by atoms with van der Waals surface area (Å²) in [6, 6.07) is 7.61. The second kappa shape index (κ2) is 10.7. The SMILES string of the molecule is CCCn1c(N)c(C(=O)COC(=O)[C@@H]2CC(=O)N(c3ccccc3[C@@H](C)CC)C2)c(=O)n(C)c1=O. The summed E-state index contributed by atoms with van der Waals surface area (Å²) in [5, 5.41) is 0. The lowest BCUT2D eigenvalue weighted by atomic mass is 9.96. The van der Waals surface area contributed by atoms with Gasteiger partial charge in [0, 0.05) is 32.2 Å². The molecular formula is C25H32N4O6. The van der Waals surface area contributed by atoms with Crippen LogP contribution < -0.4 is 21.9 Å². The molecule has 2 heterocycles. The average Bonchev–Trinajstić information content (AvgIpc) is 3.24. The minimum Gasteiger partial charge on any atom is -0.457 e. The molecule has 1 aromatic carbocycles. The summed E-state index contributed by atoms with van der Waals surface area (Å²) in [7, 11) is 1.26. The molecule has 10 nitrogen and oxygen atoms in total. The number of aromatic nitrogens is 2. The van der Waals surface area contributed by atoms with E-state index < -0.39 is 35.5 Å². The second-order valence-corrected chi connectivity index (χ2v) is 8.86. The molecule has 2 atom stereocenters. The smallest absolute Gasteiger partial charge is 0.332 e. The molecule has 0 spiro atoms. The summed E-state index contributed by atoms with van der Waals surface area (Å²) in [6.45, 7) is 5.64. The van der Waals surface area contributed by atoms with Gasteiger partial charge >= 0.3 is 11.7 Å². The van der Waals surface area contributed by atoms with Gasteiger partial charge in [0.15, 0.2) is 6.61 Å². The first kappa shape index (κ1) is 25.9. The zero-order chi connectivity index (χ0) is 25.9. The summed E-state index contributed by atoms with van der Waals surface area (Å²) in [5.74, 6) is -2.44. The highest BCUT2D eigenvalue weighted by Crippen LogP contribution is 2.33. The summed E-state index contributed by atoms with van der Waals surface area (Å²) >= 11 is 0. The molecule has 1 fully saturated rings. The Hall–Kier alpha value is -3.69. The minimum atomic E-state index is -0.843. The van der Waals surface area contributed by atoms with Crippen LogP contribution in [0.25, 0.3) is 0 Å². The van der Waals surface area contributed by atoms with Crippen molar-refractivity contribution in [3.63, 3.8) is 0 Å². The van der Waals surface area contributed by atoms with Gasteiger partial charge in [-0.05, 0) is 30.4 Å². The van der Waals surface area contributed by atoms with Crippen molar-refractivity contribution >= 4 is 29.2 Å². The van der Waals surface area contributed by atoms with E-state index >= 15 is 0 Å². The molecule has 0 unspecified atom stereocenters. The molecule has 3 rings (SSSR count). The van der Waals surface area contributed by atoms with Gasteiger partial charge in [-0.1, -0.05) is 39.0 Å². The third kappa shape index (κ3) is 5.06. The van der Waals surface area contributed by atoms with Crippen molar-refractivity contribution < 1.29 is 19.1 Å². The minimum absolute atomic E-state index is 0.0346. The van der Waals surface area contributed by atoms with Gasteiger partial charge < -0.3 is 15.4 Å². The van der Waals surface area contributed by atoms with Crippen molar-refractivity contribution in [3.8, 4) is 0 Å². The quantitative estimate of drug-likeness (QED) is 0.424. The summed E-state index contributed by atoms with van der Waals surface area (Å²) in [6.07, 6.45) is 1.44. The molecule has 2 N–H and O–H groups in total. The van der Waals surface area contributed by atoms with Crippen molar-refractivity contribution in [3.05, 3.63) is 56.2 Å². The number of benzene rings is 1. The van der Waals surface area contributed by atoms with Crippen LogP contribution in [0.5, 0.6) is 0 Å². The van der Waals surface area contributed by atoms with E-state index in [2.05, 4.69) is 13.8 Å². The maximum Gasteiger partial charge on any atom is 0.332 e.